The minimum Gasteiger partial charge on any atom is -0.353 e. The highest BCUT2D eigenvalue weighted by Crippen LogP contribution is 2.23. The molecule has 2 heterocycles. The molecule has 0 bridgehead atoms. The zero-order valence-electron chi connectivity index (χ0n) is 13.2. The van der Waals surface area contributed by atoms with Gasteiger partial charge in [-0.25, -0.2) is 4.98 Å². The van der Waals surface area contributed by atoms with Crippen LogP contribution in [0.4, 0.5) is 5.95 Å². The Labute approximate surface area is 126 Å². The van der Waals surface area contributed by atoms with Crippen molar-refractivity contribution in [3.63, 3.8) is 0 Å². The number of anilines is 1. The highest BCUT2D eigenvalue weighted by Gasteiger charge is 2.17. The molecule has 1 saturated carbocycles. The number of aryl methyl sites for hydroxylation is 1. The zero-order chi connectivity index (χ0) is 14.8. The zero-order valence-corrected chi connectivity index (χ0v) is 13.2. The van der Waals surface area contributed by atoms with Crippen LogP contribution in [-0.4, -0.2) is 25.4 Å². The second kappa shape index (κ2) is 5.92. The Morgan fingerprint density at radius 3 is 2.62 bits per heavy atom. The lowest BCUT2D eigenvalue weighted by Gasteiger charge is -2.23. The van der Waals surface area contributed by atoms with Gasteiger partial charge in [-0.3, -0.25) is 9.25 Å². The Morgan fingerprint density at radius 1 is 1.19 bits per heavy atom. The predicted molar refractivity (Wildman–Crippen MR) is 85.0 cm³/mol. The van der Waals surface area contributed by atoms with Crippen LogP contribution >= 0.6 is 0 Å². The van der Waals surface area contributed by atoms with Gasteiger partial charge in [0, 0.05) is 24.5 Å². The first kappa shape index (κ1) is 14.2. The summed E-state index contributed by atoms with van der Waals surface area (Å²) >= 11 is 0. The summed E-state index contributed by atoms with van der Waals surface area (Å²) in [4.78, 5) is 4.65. The van der Waals surface area contributed by atoms with E-state index in [2.05, 4.69) is 46.2 Å². The van der Waals surface area contributed by atoms with Crippen molar-refractivity contribution in [2.75, 3.05) is 5.32 Å². The van der Waals surface area contributed by atoms with Crippen LogP contribution < -0.4 is 5.32 Å². The van der Waals surface area contributed by atoms with Crippen LogP contribution in [0.25, 0.3) is 5.69 Å². The molecule has 1 aliphatic carbocycles. The number of nitrogens with one attached hydrogen (secondary N) is 1. The van der Waals surface area contributed by atoms with E-state index in [1.165, 1.54) is 32.1 Å². The van der Waals surface area contributed by atoms with Crippen molar-refractivity contribution in [1.29, 1.82) is 0 Å². The summed E-state index contributed by atoms with van der Waals surface area (Å²) in [5, 5.41) is 8.05. The van der Waals surface area contributed by atoms with Crippen molar-refractivity contribution in [2.24, 2.45) is 0 Å². The first-order valence-electron chi connectivity index (χ1n) is 8.00. The number of imidazole rings is 1. The molecule has 2 aromatic heterocycles. The maximum Gasteiger partial charge on any atom is 0.208 e. The van der Waals surface area contributed by atoms with Crippen LogP contribution in [0.5, 0.6) is 0 Å². The van der Waals surface area contributed by atoms with Crippen LogP contribution in [0.3, 0.4) is 0 Å². The molecular formula is C16H25N5. The maximum absolute atomic E-state index is 4.65. The van der Waals surface area contributed by atoms with E-state index in [4.69, 9.17) is 0 Å². The Morgan fingerprint density at radius 2 is 1.95 bits per heavy atom. The van der Waals surface area contributed by atoms with E-state index in [0.29, 0.717) is 12.1 Å². The lowest BCUT2D eigenvalue weighted by atomic mass is 9.96. The largest absolute Gasteiger partial charge is 0.353 e. The van der Waals surface area contributed by atoms with Crippen LogP contribution in [0.2, 0.25) is 0 Å². The highest BCUT2D eigenvalue weighted by atomic mass is 15.3. The van der Waals surface area contributed by atoms with E-state index in [1.807, 2.05) is 17.8 Å². The molecule has 2 aromatic rings. The normalized spacial score (nSPS) is 16.6. The molecule has 0 amide bonds. The van der Waals surface area contributed by atoms with Crippen molar-refractivity contribution < 1.29 is 0 Å². The van der Waals surface area contributed by atoms with Gasteiger partial charge in [0.2, 0.25) is 5.95 Å². The summed E-state index contributed by atoms with van der Waals surface area (Å²) in [6, 6.07) is 0.928. The molecule has 0 spiro atoms. The van der Waals surface area contributed by atoms with Crippen molar-refractivity contribution >= 4 is 5.95 Å². The highest BCUT2D eigenvalue weighted by molar-refractivity contribution is 5.41. The third-order valence-electron chi connectivity index (χ3n) is 4.16. The fourth-order valence-corrected chi connectivity index (χ4v) is 2.96. The molecule has 3 rings (SSSR count). The summed E-state index contributed by atoms with van der Waals surface area (Å²) in [6.07, 6.45) is 12.6. The first-order valence-corrected chi connectivity index (χ1v) is 8.00. The Balaban J connectivity index is 1.84. The van der Waals surface area contributed by atoms with Gasteiger partial charge in [0.05, 0.1) is 17.6 Å². The van der Waals surface area contributed by atoms with Gasteiger partial charge in [0.15, 0.2) is 0 Å². The SMILES string of the molecule is Cc1cn(-c2cnn(C(C)C)c2)c(NC2CCCCC2)n1. The van der Waals surface area contributed by atoms with Gasteiger partial charge < -0.3 is 5.32 Å². The third kappa shape index (κ3) is 3.12. The molecule has 0 unspecified atom stereocenters. The Bertz CT molecular complexity index is 590. The first-order chi connectivity index (χ1) is 10.1. The van der Waals surface area contributed by atoms with E-state index in [9.17, 15) is 0 Å². The fourth-order valence-electron chi connectivity index (χ4n) is 2.96. The van der Waals surface area contributed by atoms with Crippen LogP contribution in [-0.2, 0) is 0 Å². The van der Waals surface area contributed by atoms with Crippen molar-refractivity contribution in [3.8, 4) is 5.69 Å². The van der Waals surface area contributed by atoms with Crippen LogP contribution in [0.15, 0.2) is 18.6 Å². The van der Waals surface area contributed by atoms with Crippen molar-refractivity contribution in [3.05, 3.63) is 24.3 Å². The minimum atomic E-state index is 0.373. The van der Waals surface area contributed by atoms with Crippen LogP contribution in [0, 0.1) is 6.92 Å². The molecular weight excluding hydrogens is 262 g/mol. The van der Waals surface area contributed by atoms with Crippen LogP contribution in [0.1, 0.15) is 57.7 Å². The monoisotopic (exact) mass is 287 g/mol. The number of hydrogen-bond donors (Lipinski definition) is 1. The molecule has 0 aliphatic heterocycles. The second-order valence-electron chi connectivity index (χ2n) is 6.33. The summed E-state index contributed by atoms with van der Waals surface area (Å²) in [5.74, 6) is 0.947. The van der Waals surface area contributed by atoms with E-state index >= 15 is 0 Å². The average molecular weight is 287 g/mol. The molecule has 21 heavy (non-hydrogen) atoms. The number of rotatable bonds is 4. The molecule has 1 aliphatic rings. The molecule has 1 fully saturated rings. The van der Waals surface area contributed by atoms with Crippen molar-refractivity contribution in [2.45, 2.75) is 65.0 Å². The van der Waals surface area contributed by atoms with Gasteiger partial charge in [-0.1, -0.05) is 19.3 Å². The van der Waals surface area contributed by atoms with Gasteiger partial charge in [-0.2, -0.15) is 5.10 Å². The van der Waals surface area contributed by atoms with E-state index in [0.717, 1.165) is 17.3 Å². The summed E-state index contributed by atoms with van der Waals surface area (Å²) in [7, 11) is 0. The van der Waals surface area contributed by atoms with Crippen molar-refractivity contribution in [1.82, 2.24) is 19.3 Å². The van der Waals surface area contributed by atoms with Gasteiger partial charge in [0.25, 0.3) is 0 Å². The molecule has 5 heteroatoms. The quantitative estimate of drug-likeness (QED) is 0.932. The molecule has 0 aromatic carbocycles. The Hall–Kier alpha value is -1.78. The lowest BCUT2D eigenvalue weighted by Crippen LogP contribution is -2.24. The average Bonchev–Trinajstić information content (AvgIpc) is 3.07. The maximum atomic E-state index is 4.65. The fraction of sp³-hybridized carbons (Fsp3) is 0.625. The smallest absolute Gasteiger partial charge is 0.208 e. The molecule has 5 nitrogen and oxygen atoms in total. The molecule has 0 saturated heterocycles. The van der Waals surface area contributed by atoms with Gasteiger partial charge >= 0.3 is 0 Å². The number of nitrogens with zero attached hydrogens (tertiary/aromatic N) is 4. The molecule has 0 radical (unpaired) electrons. The summed E-state index contributed by atoms with van der Waals surface area (Å²) in [6.45, 7) is 6.31. The van der Waals surface area contributed by atoms with E-state index in [1.54, 1.807) is 0 Å². The third-order valence-corrected chi connectivity index (χ3v) is 4.16. The molecule has 114 valence electrons. The number of aromatic nitrogens is 4. The number of hydrogen-bond acceptors (Lipinski definition) is 3. The van der Waals surface area contributed by atoms with Gasteiger partial charge in [-0.15, -0.1) is 0 Å². The Kier molecular flexibility index (Phi) is 3.99. The van der Waals surface area contributed by atoms with Gasteiger partial charge in [0.1, 0.15) is 0 Å². The van der Waals surface area contributed by atoms with E-state index < -0.39 is 0 Å². The molecule has 1 N–H and O–H groups in total. The minimum absolute atomic E-state index is 0.373. The second-order valence-corrected chi connectivity index (χ2v) is 6.33. The van der Waals surface area contributed by atoms with Gasteiger partial charge in [-0.05, 0) is 33.6 Å². The standard InChI is InChI=1S/C16H25N5/c1-12(2)21-11-15(9-17-21)20-10-13(3)18-16(20)19-14-7-5-4-6-8-14/h9-12,14H,4-8H2,1-3H3,(H,18,19). The molecule has 0 atom stereocenters. The topological polar surface area (TPSA) is 47.7 Å². The summed E-state index contributed by atoms with van der Waals surface area (Å²) in [5.41, 5.74) is 2.10. The lowest BCUT2D eigenvalue weighted by molar-refractivity contribution is 0.460. The van der Waals surface area contributed by atoms with E-state index in [-0.39, 0.29) is 0 Å². The summed E-state index contributed by atoms with van der Waals surface area (Å²) < 4.78 is 4.10. The predicted octanol–water partition coefficient (Wildman–Crippen LogP) is 3.70.